The van der Waals surface area contributed by atoms with E-state index in [9.17, 15) is 5.11 Å². The van der Waals surface area contributed by atoms with E-state index < -0.39 is 5.60 Å². The van der Waals surface area contributed by atoms with Gasteiger partial charge in [0.2, 0.25) is 0 Å². The SMILES string of the molecule is OC1(Cc2ccncc2)CCC2CC21. The molecule has 0 aliphatic heterocycles. The maximum Gasteiger partial charge on any atom is 0.0718 e. The number of pyridine rings is 1. The van der Waals surface area contributed by atoms with Gasteiger partial charge in [0.15, 0.2) is 0 Å². The lowest BCUT2D eigenvalue weighted by atomic mass is 9.90. The lowest BCUT2D eigenvalue weighted by Crippen LogP contribution is -2.31. The van der Waals surface area contributed by atoms with Crippen LogP contribution in [-0.2, 0) is 6.42 Å². The van der Waals surface area contributed by atoms with Crippen LogP contribution in [0.1, 0.15) is 24.8 Å². The summed E-state index contributed by atoms with van der Waals surface area (Å²) in [4.78, 5) is 3.99. The van der Waals surface area contributed by atoms with Crippen LogP contribution in [0.15, 0.2) is 24.5 Å². The van der Waals surface area contributed by atoms with Crippen LogP contribution < -0.4 is 0 Å². The van der Waals surface area contributed by atoms with Gasteiger partial charge in [-0.25, -0.2) is 0 Å². The van der Waals surface area contributed by atoms with Crippen LogP contribution in [0.4, 0.5) is 0 Å². The molecule has 0 radical (unpaired) electrons. The van der Waals surface area contributed by atoms with Gasteiger partial charge in [-0.2, -0.15) is 0 Å². The van der Waals surface area contributed by atoms with Crippen molar-refractivity contribution >= 4 is 0 Å². The van der Waals surface area contributed by atoms with Crippen molar-refractivity contribution in [3.8, 4) is 0 Å². The molecule has 2 saturated carbocycles. The van der Waals surface area contributed by atoms with E-state index in [4.69, 9.17) is 0 Å². The van der Waals surface area contributed by atoms with E-state index in [-0.39, 0.29) is 0 Å². The third-order valence-electron chi connectivity index (χ3n) is 3.82. The van der Waals surface area contributed by atoms with Gasteiger partial charge < -0.3 is 5.11 Å². The van der Waals surface area contributed by atoms with E-state index in [0.29, 0.717) is 5.92 Å². The summed E-state index contributed by atoms with van der Waals surface area (Å²) in [5.41, 5.74) is 0.821. The van der Waals surface area contributed by atoms with Gasteiger partial charge >= 0.3 is 0 Å². The summed E-state index contributed by atoms with van der Waals surface area (Å²) in [5.74, 6) is 1.43. The average molecular weight is 189 g/mol. The van der Waals surface area contributed by atoms with Gasteiger partial charge in [0.1, 0.15) is 0 Å². The molecule has 1 N–H and O–H groups in total. The van der Waals surface area contributed by atoms with Crippen molar-refractivity contribution in [3.05, 3.63) is 30.1 Å². The number of nitrogens with zero attached hydrogens (tertiary/aromatic N) is 1. The Balaban J connectivity index is 1.78. The Labute approximate surface area is 84.0 Å². The van der Waals surface area contributed by atoms with Crippen LogP contribution in [0.25, 0.3) is 0 Å². The van der Waals surface area contributed by atoms with Crippen LogP contribution in [0, 0.1) is 11.8 Å². The minimum absolute atomic E-state index is 0.397. The molecule has 0 amide bonds. The highest BCUT2D eigenvalue weighted by molar-refractivity contribution is 5.18. The number of fused-ring (bicyclic) bond motifs is 1. The van der Waals surface area contributed by atoms with Crippen molar-refractivity contribution in [2.24, 2.45) is 11.8 Å². The van der Waals surface area contributed by atoms with E-state index in [1.54, 1.807) is 12.4 Å². The Morgan fingerprint density at radius 3 is 2.79 bits per heavy atom. The Kier molecular flexibility index (Phi) is 1.68. The predicted octanol–water partition coefficient (Wildman–Crippen LogP) is 1.79. The third kappa shape index (κ3) is 1.25. The smallest absolute Gasteiger partial charge is 0.0718 e. The van der Waals surface area contributed by atoms with Gasteiger partial charge in [-0.15, -0.1) is 0 Å². The molecule has 0 spiro atoms. The molecule has 1 aromatic rings. The first-order chi connectivity index (χ1) is 6.78. The highest BCUT2D eigenvalue weighted by Gasteiger charge is 2.56. The molecule has 74 valence electrons. The first-order valence-corrected chi connectivity index (χ1v) is 5.39. The number of aliphatic hydroxyl groups is 1. The van der Waals surface area contributed by atoms with Gasteiger partial charge in [0.25, 0.3) is 0 Å². The largest absolute Gasteiger partial charge is 0.389 e. The van der Waals surface area contributed by atoms with Crippen molar-refractivity contribution in [1.29, 1.82) is 0 Å². The Bertz CT molecular complexity index is 337. The van der Waals surface area contributed by atoms with Gasteiger partial charge in [-0.05, 0) is 48.8 Å². The van der Waals surface area contributed by atoms with Gasteiger partial charge in [0, 0.05) is 18.8 Å². The molecule has 3 rings (SSSR count). The summed E-state index contributed by atoms with van der Waals surface area (Å²) in [7, 11) is 0. The standard InChI is InChI=1S/C12H15NO/c14-12(4-1-10-7-11(10)12)8-9-2-5-13-6-3-9/h2-3,5-6,10-11,14H,1,4,7-8H2. The highest BCUT2D eigenvalue weighted by atomic mass is 16.3. The van der Waals surface area contributed by atoms with Crippen LogP contribution in [-0.4, -0.2) is 15.7 Å². The van der Waals surface area contributed by atoms with Gasteiger partial charge in [-0.1, -0.05) is 0 Å². The molecular formula is C12H15NO. The number of hydrogen-bond donors (Lipinski definition) is 1. The summed E-state index contributed by atoms with van der Waals surface area (Å²) in [6, 6.07) is 4.02. The minimum atomic E-state index is -0.397. The quantitative estimate of drug-likeness (QED) is 0.769. The lowest BCUT2D eigenvalue weighted by Gasteiger charge is -2.24. The molecule has 2 fully saturated rings. The molecule has 2 nitrogen and oxygen atoms in total. The second kappa shape index (κ2) is 2.80. The van der Waals surface area contributed by atoms with Crippen molar-refractivity contribution in [2.75, 3.05) is 0 Å². The molecule has 2 heteroatoms. The number of rotatable bonds is 2. The Hall–Kier alpha value is -0.890. The Morgan fingerprint density at radius 2 is 2.21 bits per heavy atom. The summed E-state index contributed by atoms with van der Waals surface area (Å²) >= 11 is 0. The first kappa shape index (κ1) is 8.42. The molecule has 1 aromatic heterocycles. The first-order valence-electron chi connectivity index (χ1n) is 5.39. The summed E-state index contributed by atoms with van der Waals surface area (Å²) < 4.78 is 0. The van der Waals surface area contributed by atoms with Gasteiger partial charge in [0.05, 0.1) is 5.60 Å². The summed E-state index contributed by atoms with van der Waals surface area (Å²) in [5, 5.41) is 10.4. The van der Waals surface area contributed by atoms with E-state index in [1.807, 2.05) is 12.1 Å². The fourth-order valence-corrected chi connectivity index (χ4v) is 2.92. The summed E-state index contributed by atoms with van der Waals surface area (Å²) in [6.45, 7) is 0. The zero-order valence-corrected chi connectivity index (χ0v) is 8.19. The van der Waals surface area contributed by atoms with Gasteiger partial charge in [-0.3, -0.25) is 4.98 Å². The topological polar surface area (TPSA) is 33.1 Å². The minimum Gasteiger partial charge on any atom is -0.389 e. The maximum absolute atomic E-state index is 10.4. The number of hydrogen-bond acceptors (Lipinski definition) is 2. The highest BCUT2D eigenvalue weighted by Crippen LogP contribution is 2.58. The fraction of sp³-hybridized carbons (Fsp3) is 0.583. The fourth-order valence-electron chi connectivity index (χ4n) is 2.92. The lowest BCUT2D eigenvalue weighted by molar-refractivity contribution is 0.0253. The maximum atomic E-state index is 10.4. The Morgan fingerprint density at radius 1 is 1.43 bits per heavy atom. The van der Waals surface area contributed by atoms with E-state index >= 15 is 0 Å². The van der Waals surface area contributed by atoms with Crippen LogP contribution in [0.2, 0.25) is 0 Å². The molecule has 0 aromatic carbocycles. The molecule has 3 unspecified atom stereocenters. The molecule has 2 aliphatic rings. The molecule has 14 heavy (non-hydrogen) atoms. The second-order valence-electron chi connectivity index (χ2n) is 4.78. The van der Waals surface area contributed by atoms with E-state index in [2.05, 4.69) is 4.98 Å². The molecule has 0 saturated heterocycles. The monoisotopic (exact) mass is 189 g/mol. The molecule has 1 heterocycles. The average Bonchev–Trinajstić information content (AvgIpc) is 2.91. The molecular weight excluding hydrogens is 174 g/mol. The third-order valence-corrected chi connectivity index (χ3v) is 3.82. The van der Waals surface area contributed by atoms with E-state index in [1.165, 1.54) is 18.4 Å². The van der Waals surface area contributed by atoms with Crippen molar-refractivity contribution in [1.82, 2.24) is 4.98 Å². The number of aromatic nitrogens is 1. The zero-order chi connectivity index (χ0) is 9.60. The molecule has 0 bridgehead atoms. The molecule has 3 atom stereocenters. The molecule has 2 aliphatic carbocycles. The summed E-state index contributed by atoms with van der Waals surface area (Å²) in [6.07, 6.45) is 7.89. The van der Waals surface area contributed by atoms with Crippen molar-refractivity contribution in [2.45, 2.75) is 31.3 Å². The van der Waals surface area contributed by atoms with Crippen molar-refractivity contribution in [3.63, 3.8) is 0 Å². The van der Waals surface area contributed by atoms with Crippen molar-refractivity contribution < 1.29 is 5.11 Å². The predicted molar refractivity (Wildman–Crippen MR) is 53.7 cm³/mol. The zero-order valence-electron chi connectivity index (χ0n) is 8.19. The normalized spacial score (nSPS) is 39.5. The van der Waals surface area contributed by atoms with Crippen LogP contribution in [0.5, 0.6) is 0 Å². The van der Waals surface area contributed by atoms with Crippen LogP contribution >= 0.6 is 0 Å². The van der Waals surface area contributed by atoms with Crippen LogP contribution in [0.3, 0.4) is 0 Å². The van der Waals surface area contributed by atoms with E-state index in [0.717, 1.165) is 18.8 Å². The second-order valence-corrected chi connectivity index (χ2v) is 4.78.